The molecule has 29 heavy (non-hydrogen) atoms. The summed E-state index contributed by atoms with van der Waals surface area (Å²) >= 11 is 3.38. The number of nitrogens with one attached hydrogen (secondary N) is 2. The van der Waals surface area contributed by atoms with Crippen LogP contribution in [0.5, 0.6) is 5.75 Å². The molecule has 1 aliphatic rings. The predicted molar refractivity (Wildman–Crippen MR) is 106 cm³/mol. The van der Waals surface area contributed by atoms with Gasteiger partial charge in [0.15, 0.2) is 0 Å². The zero-order valence-electron chi connectivity index (χ0n) is 14.8. The van der Waals surface area contributed by atoms with Crippen molar-refractivity contribution < 1.29 is 26.9 Å². The van der Waals surface area contributed by atoms with E-state index < -0.39 is 22.0 Å². The number of amides is 1. The fourth-order valence-corrected chi connectivity index (χ4v) is 4.51. The van der Waals surface area contributed by atoms with Gasteiger partial charge < -0.3 is 15.0 Å². The van der Waals surface area contributed by atoms with Gasteiger partial charge in [0.05, 0.1) is 10.0 Å². The summed E-state index contributed by atoms with van der Waals surface area (Å²) in [4.78, 5) is 18.6. The highest BCUT2D eigenvalue weighted by atomic mass is 79.9. The highest BCUT2D eigenvalue weighted by Gasteiger charge is 2.31. The van der Waals surface area contributed by atoms with Crippen LogP contribution in [0.4, 0.5) is 24.7 Å². The molecule has 1 aliphatic heterocycles. The molecule has 156 valence electrons. The summed E-state index contributed by atoms with van der Waals surface area (Å²) in [7, 11) is -2.53. The van der Waals surface area contributed by atoms with Crippen LogP contribution in [0.3, 0.4) is 0 Å². The van der Waals surface area contributed by atoms with Gasteiger partial charge in [-0.3, -0.25) is 9.57 Å². The largest absolute Gasteiger partial charge is 0.573 e. The summed E-state index contributed by atoms with van der Waals surface area (Å²) < 4.78 is 60.3. The Morgan fingerprint density at radius 1 is 1.24 bits per heavy atom. The minimum atomic E-state index is -4.78. The number of ether oxygens (including phenoxy) is 1. The van der Waals surface area contributed by atoms with Gasteiger partial charge in [-0.15, -0.1) is 13.2 Å². The Balaban J connectivity index is 1.66. The quantitative estimate of drug-likeness (QED) is 0.675. The summed E-state index contributed by atoms with van der Waals surface area (Å²) in [5.74, 6) is 0.240. The van der Waals surface area contributed by atoms with Crippen molar-refractivity contribution in [3.63, 3.8) is 0 Å². The first-order valence-electron chi connectivity index (χ1n) is 8.34. The van der Waals surface area contributed by atoms with E-state index in [4.69, 9.17) is 4.78 Å². The number of carbonyl (C=O) groups is 1. The maximum atomic E-state index is 12.4. The number of pyridine rings is 1. The molecule has 2 heterocycles. The van der Waals surface area contributed by atoms with Crippen LogP contribution >= 0.6 is 15.9 Å². The van der Waals surface area contributed by atoms with E-state index in [0.29, 0.717) is 29.1 Å². The first-order chi connectivity index (χ1) is 13.5. The number of carbonyl (C=O) groups excluding carboxylic acids is 1. The molecule has 7 nitrogen and oxygen atoms in total. The second kappa shape index (κ2) is 8.19. The van der Waals surface area contributed by atoms with E-state index in [1.807, 2.05) is 4.90 Å². The third-order valence-corrected chi connectivity index (χ3v) is 6.38. The molecule has 1 aromatic heterocycles. The van der Waals surface area contributed by atoms with Gasteiger partial charge in [0.25, 0.3) is 5.91 Å². The zero-order valence-corrected chi connectivity index (χ0v) is 17.2. The SMILES string of the molecule is N=S1(=O)CCN(c2ncc(C(=O)Nc3ccc(OC(F)(F)F)cc3)cc2Br)CC1. The Morgan fingerprint density at radius 2 is 1.86 bits per heavy atom. The van der Waals surface area contributed by atoms with Crippen molar-refractivity contribution in [3.8, 4) is 5.75 Å². The molecule has 2 N–H and O–H groups in total. The number of rotatable bonds is 4. The Morgan fingerprint density at radius 3 is 2.41 bits per heavy atom. The zero-order chi connectivity index (χ0) is 21.2. The molecule has 0 atom stereocenters. The Bertz CT molecular complexity index is 1000. The molecular weight excluding hydrogens is 477 g/mol. The second-order valence-corrected chi connectivity index (χ2v) is 9.56. The van der Waals surface area contributed by atoms with Gasteiger partial charge in [-0.05, 0) is 46.3 Å². The average Bonchev–Trinajstić information content (AvgIpc) is 2.62. The third-order valence-electron chi connectivity index (χ3n) is 4.11. The van der Waals surface area contributed by atoms with Crippen molar-refractivity contribution in [1.82, 2.24) is 4.98 Å². The normalized spacial score (nSPS) is 16.3. The number of hydrogen-bond acceptors (Lipinski definition) is 6. The van der Waals surface area contributed by atoms with E-state index in [2.05, 4.69) is 31.0 Å². The molecule has 2 aromatic rings. The van der Waals surface area contributed by atoms with E-state index in [-0.39, 0.29) is 22.8 Å². The number of halogens is 4. The van der Waals surface area contributed by atoms with Crippen molar-refractivity contribution in [2.75, 3.05) is 34.8 Å². The Labute approximate surface area is 173 Å². The van der Waals surface area contributed by atoms with Crippen molar-refractivity contribution in [2.24, 2.45) is 0 Å². The van der Waals surface area contributed by atoms with Crippen LogP contribution < -0.4 is 15.0 Å². The van der Waals surface area contributed by atoms with Gasteiger partial charge >= 0.3 is 6.36 Å². The van der Waals surface area contributed by atoms with E-state index in [1.54, 1.807) is 6.07 Å². The fourth-order valence-electron chi connectivity index (χ4n) is 2.67. The maximum Gasteiger partial charge on any atom is 0.573 e. The van der Waals surface area contributed by atoms with Gasteiger partial charge in [-0.25, -0.2) is 9.19 Å². The molecule has 0 saturated carbocycles. The van der Waals surface area contributed by atoms with E-state index in [1.165, 1.54) is 18.3 Å². The van der Waals surface area contributed by atoms with Gasteiger partial charge in [-0.1, -0.05) is 0 Å². The van der Waals surface area contributed by atoms with Gasteiger partial charge in [0, 0.05) is 46.2 Å². The maximum absolute atomic E-state index is 12.4. The molecule has 1 saturated heterocycles. The van der Waals surface area contributed by atoms with Crippen LogP contribution in [0.2, 0.25) is 0 Å². The van der Waals surface area contributed by atoms with Crippen LogP contribution in [-0.2, 0) is 9.73 Å². The molecule has 3 rings (SSSR count). The summed E-state index contributed by atoms with van der Waals surface area (Å²) in [6.07, 6.45) is -3.40. The highest BCUT2D eigenvalue weighted by molar-refractivity contribution is 9.10. The topological polar surface area (TPSA) is 95.4 Å². The van der Waals surface area contributed by atoms with Crippen molar-refractivity contribution in [1.29, 1.82) is 4.78 Å². The third kappa shape index (κ3) is 5.82. The number of aromatic nitrogens is 1. The van der Waals surface area contributed by atoms with Crippen LogP contribution in [0.1, 0.15) is 10.4 Å². The molecule has 0 unspecified atom stereocenters. The minimum absolute atomic E-state index is 0.248. The number of alkyl halides is 3. The number of anilines is 2. The first kappa shape index (κ1) is 21.4. The van der Waals surface area contributed by atoms with Crippen molar-refractivity contribution >= 4 is 43.1 Å². The lowest BCUT2D eigenvalue weighted by molar-refractivity contribution is -0.274. The summed E-state index contributed by atoms with van der Waals surface area (Å²) in [6, 6.07) is 6.36. The number of hydrogen-bond donors (Lipinski definition) is 2. The second-order valence-electron chi connectivity index (χ2n) is 6.26. The first-order valence-corrected chi connectivity index (χ1v) is 11.0. The number of nitrogens with zero attached hydrogens (tertiary/aromatic N) is 2. The van der Waals surface area contributed by atoms with E-state index in [0.717, 1.165) is 12.1 Å². The fraction of sp³-hybridized carbons (Fsp3) is 0.294. The van der Waals surface area contributed by atoms with Gasteiger partial charge in [0.2, 0.25) is 0 Å². The molecule has 0 bridgehead atoms. The Kier molecular flexibility index (Phi) is 6.03. The lowest BCUT2D eigenvalue weighted by Gasteiger charge is -2.29. The lowest BCUT2D eigenvalue weighted by Crippen LogP contribution is -2.40. The van der Waals surface area contributed by atoms with E-state index >= 15 is 0 Å². The smallest absolute Gasteiger partial charge is 0.406 e. The predicted octanol–water partition coefficient (Wildman–Crippen LogP) is 3.86. The highest BCUT2D eigenvalue weighted by Crippen LogP contribution is 2.27. The lowest BCUT2D eigenvalue weighted by atomic mass is 10.2. The standard InChI is InChI=1S/C17H16BrF3N4O3S/c18-14-9-11(10-23-15(14)25-5-7-29(22,27)8-6-25)16(26)24-12-1-3-13(4-2-12)28-17(19,20)21/h1-4,9-10,22H,5-8H2,(H,24,26). The number of benzene rings is 1. The van der Waals surface area contributed by atoms with Crippen molar-refractivity contribution in [2.45, 2.75) is 6.36 Å². The summed E-state index contributed by atoms with van der Waals surface area (Å²) in [6.45, 7) is 0.873. The van der Waals surface area contributed by atoms with Gasteiger partial charge in [-0.2, -0.15) is 0 Å². The van der Waals surface area contributed by atoms with Gasteiger partial charge in [0.1, 0.15) is 11.6 Å². The van der Waals surface area contributed by atoms with Crippen molar-refractivity contribution in [3.05, 3.63) is 46.6 Å². The van der Waals surface area contributed by atoms with Crippen LogP contribution in [-0.4, -0.2) is 46.1 Å². The molecule has 1 aromatic carbocycles. The molecule has 1 fully saturated rings. The monoisotopic (exact) mass is 492 g/mol. The average molecular weight is 493 g/mol. The van der Waals surface area contributed by atoms with E-state index in [9.17, 15) is 22.2 Å². The van der Waals surface area contributed by atoms with Crippen LogP contribution in [0.25, 0.3) is 0 Å². The van der Waals surface area contributed by atoms with Crippen LogP contribution in [0, 0.1) is 4.78 Å². The summed E-state index contributed by atoms with van der Waals surface area (Å²) in [5, 5.41) is 2.57. The molecular formula is C17H16BrF3N4O3S. The summed E-state index contributed by atoms with van der Waals surface area (Å²) in [5.41, 5.74) is 0.545. The molecule has 0 spiro atoms. The molecule has 0 radical (unpaired) electrons. The molecule has 1 amide bonds. The minimum Gasteiger partial charge on any atom is -0.406 e. The van der Waals surface area contributed by atoms with Crippen LogP contribution in [0.15, 0.2) is 41.0 Å². The molecule has 0 aliphatic carbocycles. The molecule has 12 heteroatoms. The Hall–Kier alpha value is -2.34.